The third-order valence-corrected chi connectivity index (χ3v) is 4.05. The van der Waals surface area contributed by atoms with Crippen molar-refractivity contribution < 1.29 is 4.42 Å². The first-order valence-corrected chi connectivity index (χ1v) is 6.43. The van der Waals surface area contributed by atoms with Gasteiger partial charge in [-0.3, -0.25) is 0 Å². The van der Waals surface area contributed by atoms with Crippen LogP contribution in [0.4, 0.5) is 0 Å². The van der Waals surface area contributed by atoms with Crippen molar-refractivity contribution in [3.05, 3.63) is 28.1 Å². The summed E-state index contributed by atoms with van der Waals surface area (Å²) < 4.78 is 5.76. The average molecular weight is 287 g/mol. The van der Waals surface area contributed by atoms with Gasteiger partial charge in [0.2, 0.25) is 5.89 Å². The third kappa shape index (κ3) is 2.11. The minimum Gasteiger partial charge on any atom is -0.438 e. The maximum Gasteiger partial charge on any atom is 0.203 e. The van der Waals surface area contributed by atoms with E-state index >= 15 is 0 Å². The van der Waals surface area contributed by atoms with Crippen molar-refractivity contribution in [3.63, 3.8) is 0 Å². The van der Waals surface area contributed by atoms with Gasteiger partial charge < -0.3 is 10.2 Å². The lowest BCUT2D eigenvalue weighted by Gasteiger charge is -2.35. The number of hydrogen-bond acceptors (Lipinski definition) is 3. The molecule has 0 bridgehead atoms. The summed E-state index contributed by atoms with van der Waals surface area (Å²) >= 11 is 12.0. The number of nitrogens with zero attached hydrogens (tertiary/aromatic N) is 1. The maximum absolute atomic E-state index is 6.18. The van der Waals surface area contributed by atoms with E-state index in [1.807, 2.05) is 27.7 Å². The first-order valence-electron chi connectivity index (χ1n) is 5.68. The van der Waals surface area contributed by atoms with Gasteiger partial charge in [0.15, 0.2) is 5.58 Å². The van der Waals surface area contributed by atoms with Crippen LogP contribution in [0.1, 0.15) is 33.6 Å². The second kappa shape index (κ2) is 4.12. The zero-order valence-electron chi connectivity index (χ0n) is 10.8. The summed E-state index contributed by atoms with van der Waals surface area (Å²) in [6, 6.07) is 3.37. The molecule has 2 aromatic rings. The highest BCUT2D eigenvalue weighted by molar-refractivity contribution is 6.37. The molecule has 0 atom stereocenters. The first-order chi connectivity index (χ1) is 8.13. The van der Waals surface area contributed by atoms with E-state index < -0.39 is 11.0 Å². The molecule has 5 heteroatoms. The Morgan fingerprint density at radius 1 is 1.17 bits per heavy atom. The van der Waals surface area contributed by atoms with Crippen molar-refractivity contribution in [2.24, 2.45) is 5.73 Å². The van der Waals surface area contributed by atoms with Gasteiger partial charge in [0.25, 0.3) is 0 Å². The summed E-state index contributed by atoms with van der Waals surface area (Å²) in [5.74, 6) is 0.564. The van der Waals surface area contributed by atoms with Crippen molar-refractivity contribution >= 4 is 34.3 Å². The van der Waals surface area contributed by atoms with E-state index in [1.54, 1.807) is 12.1 Å². The SMILES string of the molecule is CC(C)(N)C(C)(C)c1nc2cc(Cl)cc(Cl)c2o1. The molecule has 98 valence electrons. The van der Waals surface area contributed by atoms with Crippen LogP contribution in [0.15, 0.2) is 16.5 Å². The first kappa shape index (κ1) is 13.7. The van der Waals surface area contributed by atoms with Crippen molar-refractivity contribution in [3.8, 4) is 0 Å². The molecule has 1 aromatic carbocycles. The largest absolute Gasteiger partial charge is 0.438 e. The number of nitrogens with two attached hydrogens (primary N) is 1. The highest BCUT2D eigenvalue weighted by Gasteiger charge is 2.39. The number of hydrogen-bond donors (Lipinski definition) is 1. The summed E-state index contributed by atoms with van der Waals surface area (Å²) in [7, 11) is 0. The fourth-order valence-electron chi connectivity index (χ4n) is 1.50. The van der Waals surface area contributed by atoms with Crippen LogP contribution in [0.25, 0.3) is 11.1 Å². The van der Waals surface area contributed by atoms with Gasteiger partial charge in [0.05, 0.1) is 10.4 Å². The van der Waals surface area contributed by atoms with E-state index in [2.05, 4.69) is 4.98 Å². The summed E-state index contributed by atoms with van der Waals surface area (Å²) in [4.78, 5) is 4.46. The molecule has 0 aliphatic carbocycles. The predicted octanol–water partition coefficient (Wildman–Crippen LogP) is 4.15. The molecule has 0 radical (unpaired) electrons. The van der Waals surface area contributed by atoms with E-state index in [1.165, 1.54) is 0 Å². The van der Waals surface area contributed by atoms with Gasteiger partial charge in [-0.25, -0.2) is 4.98 Å². The van der Waals surface area contributed by atoms with E-state index in [-0.39, 0.29) is 0 Å². The van der Waals surface area contributed by atoms with E-state index in [0.29, 0.717) is 27.0 Å². The zero-order valence-corrected chi connectivity index (χ0v) is 12.4. The van der Waals surface area contributed by atoms with Gasteiger partial charge in [0.1, 0.15) is 5.52 Å². The van der Waals surface area contributed by atoms with Gasteiger partial charge in [0, 0.05) is 10.6 Å². The number of fused-ring (bicyclic) bond motifs is 1. The molecular formula is C13H16Cl2N2O. The van der Waals surface area contributed by atoms with E-state index in [9.17, 15) is 0 Å². The number of rotatable bonds is 2. The number of halogens is 2. The molecular weight excluding hydrogens is 271 g/mol. The Morgan fingerprint density at radius 2 is 1.78 bits per heavy atom. The van der Waals surface area contributed by atoms with Gasteiger partial charge >= 0.3 is 0 Å². The van der Waals surface area contributed by atoms with Crippen LogP contribution >= 0.6 is 23.2 Å². The molecule has 0 saturated heterocycles. The molecule has 0 fully saturated rings. The van der Waals surface area contributed by atoms with Crippen LogP contribution in [0.3, 0.4) is 0 Å². The fraction of sp³-hybridized carbons (Fsp3) is 0.462. The normalized spacial score (nSPS) is 13.3. The second-order valence-corrected chi connectivity index (χ2v) is 6.45. The number of oxazole rings is 1. The van der Waals surface area contributed by atoms with Crippen LogP contribution in [-0.4, -0.2) is 10.5 Å². The topological polar surface area (TPSA) is 52.0 Å². The number of aromatic nitrogens is 1. The van der Waals surface area contributed by atoms with Crippen LogP contribution in [0.2, 0.25) is 10.0 Å². The van der Waals surface area contributed by atoms with Gasteiger partial charge in [-0.1, -0.05) is 23.2 Å². The highest BCUT2D eigenvalue weighted by Crippen LogP contribution is 2.36. The standard InChI is InChI=1S/C13H16Cl2N2O/c1-12(2,13(3,4)16)11-17-9-6-7(14)5-8(15)10(9)18-11/h5-6H,16H2,1-4H3. The van der Waals surface area contributed by atoms with Crippen molar-refractivity contribution in [2.75, 3.05) is 0 Å². The van der Waals surface area contributed by atoms with E-state index in [4.69, 9.17) is 33.4 Å². The predicted molar refractivity (Wildman–Crippen MR) is 75.3 cm³/mol. The molecule has 0 unspecified atom stereocenters. The van der Waals surface area contributed by atoms with Crippen LogP contribution in [0.5, 0.6) is 0 Å². The lowest BCUT2D eigenvalue weighted by atomic mass is 9.75. The molecule has 0 amide bonds. The Labute approximate surface area is 116 Å². The molecule has 2 N–H and O–H groups in total. The van der Waals surface area contributed by atoms with Gasteiger partial charge in [-0.15, -0.1) is 0 Å². The summed E-state index contributed by atoms with van der Waals surface area (Å²) in [6.45, 7) is 7.87. The molecule has 0 spiro atoms. The maximum atomic E-state index is 6.18. The Morgan fingerprint density at radius 3 is 2.33 bits per heavy atom. The Hall–Kier alpha value is -0.770. The van der Waals surface area contributed by atoms with Crippen molar-refractivity contribution in [2.45, 2.75) is 38.6 Å². The van der Waals surface area contributed by atoms with Crippen LogP contribution in [-0.2, 0) is 5.41 Å². The summed E-state index contributed by atoms with van der Waals surface area (Å²) in [6.07, 6.45) is 0. The van der Waals surface area contributed by atoms with Gasteiger partial charge in [-0.2, -0.15) is 0 Å². The quantitative estimate of drug-likeness (QED) is 0.902. The Kier molecular flexibility index (Phi) is 3.13. The Balaban J connectivity index is 2.65. The molecule has 2 rings (SSSR count). The average Bonchev–Trinajstić information content (AvgIpc) is 2.59. The molecule has 3 nitrogen and oxygen atoms in total. The van der Waals surface area contributed by atoms with E-state index in [0.717, 1.165) is 0 Å². The smallest absolute Gasteiger partial charge is 0.203 e. The lowest BCUT2D eigenvalue weighted by molar-refractivity contribution is 0.251. The molecule has 1 heterocycles. The van der Waals surface area contributed by atoms with Gasteiger partial charge in [-0.05, 0) is 39.8 Å². The second-order valence-electron chi connectivity index (χ2n) is 5.60. The van der Waals surface area contributed by atoms with Crippen molar-refractivity contribution in [1.29, 1.82) is 0 Å². The monoisotopic (exact) mass is 286 g/mol. The van der Waals surface area contributed by atoms with Crippen LogP contribution < -0.4 is 5.73 Å². The zero-order chi connectivity index (χ0) is 13.7. The highest BCUT2D eigenvalue weighted by atomic mass is 35.5. The third-order valence-electron chi connectivity index (χ3n) is 3.56. The summed E-state index contributed by atoms with van der Waals surface area (Å²) in [5.41, 5.74) is 6.50. The minimum absolute atomic E-state index is 0.415. The van der Waals surface area contributed by atoms with Crippen molar-refractivity contribution in [1.82, 2.24) is 4.98 Å². The minimum atomic E-state index is -0.468. The Bertz CT molecular complexity index is 597. The fourth-order valence-corrected chi connectivity index (χ4v) is 2.02. The molecule has 0 aliphatic rings. The molecule has 0 saturated carbocycles. The van der Waals surface area contributed by atoms with Crippen LogP contribution in [0, 0.1) is 0 Å². The molecule has 18 heavy (non-hydrogen) atoms. The summed E-state index contributed by atoms with van der Waals surface area (Å²) in [5, 5.41) is 0.999. The lowest BCUT2D eigenvalue weighted by Crippen LogP contribution is -2.50. The molecule has 1 aromatic heterocycles. The molecule has 0 aliphatic heterocycles. The number of benzene rings is 1.